The van der Waals surface area contributed by atoms with Crippen molar-refractivity contribution >= 4 is 23.4 Å². The summed E-state index contributed by atoms with van der Waals surface area (Å²) < 4.78 is 0. The molecule has 27 heavy (non-hydrogen) atoms. The van der Waals surface area contributed by atoms with Crippen LogP contribution < -0.4 is 0 Å². The van der Waals surface area contributed by atoms with Crippen molar-refractivity contribution in [3.8, 4) is 5.75 Å². The molecule has 6 nitrogen and oxygen atoms in total. The second-order valence-corrected chi connectivity index (χ2v) is 6.34. The zero-order chi connectivity index (χ0) is 19.7. The number of hydrogen-bond acceptors (Lipinski definition) is 5. The first-order chi connectivity index (χ1) is 12.9. The third-order valence-electron chi connectivity index (χ3n) is 4.63. The van der Waals surface area contributed by atoms with Gasteiger partial charge in [-0.25, -0.2) is 0 Å². The Labute approximate surface area is 156 Å². The van der Waals surface area contributed by atoms with E-state index in [1.807, 2.05) is 0 Å². The second kappa shape index (κ2) is 7.15. The molecule has 1 aliphatic heterocycles. The first kappa shape index (κ1) is 18.5. The average molecular weight is 365 g/mol. The maximum absolute atomic E-state index is 12.6. The van der Waals surface area contributed by atoms with Crippen molar-refractivity contribution in [2.24, 2.45) is 0 Å². The van der Waals surface area contributed by atoms with Crippen molar-refractivity contribution in [1.29, 1.82) is 0 Å². The van der Waals surface area contributed by atoms with Crippen molar-refractivity contribution in [3.05, 3.63) is 64.2 Å². The van der Waals surface area contributed by atoms with Crippen LogP contribution in [-0.2, 0) is 6.54 Å². The molecule has 0 spiro atoms. The van der Waals surface area contributed by atoms with E-state index < -0.39 is 11.8 Å². The molecule has 0 radical (unpaired) electrons. The Balaban J connectivity index is 2.03. The van der Waals surface area contributed by atoms with E-state index in [-0.39, 0.29) is 47.8 Å². The third-order valence-corrected chi connectivity index (χ3v) is 4.63. The number of fused-ring (bicyclic) bond motifs is 1. The zero-order valence-electron chi connectivity index (χ0n) is 15.1. The summed E-state index contributed by atoms with van der Waals surface area (Å²) in [5, 5.41) is 10.3. The SMILES string of the molecule is CCC(=O)c1cc(CN2C(=O)c3ccccc3C2=O)cc(C(=O)CC)c1O. The molecule has 0 saturated heterocycles. The van der Waals surface area contributed by atoms with Gasteiger partial charge in [-0.2, -0.15) is 0 Å². The van der Waals surface area contributed by atoms with E-state index in [1.54, 1.807) is 38.1 Å². The lowest BCUT2D eigenvalue weighted by atomic mass is 9.96. The Kier molecular flexibility index (Phi) is 4.90. The Morgan fingerprint density at radius 1 is 0.889 bits per heavy atom. The Hall–Kier alpha value is -3.28. The van der Waals surface area contributed by atoms with Gasteiger partial charge in [-0.15, -0.1) is 0 Å². The van der Waals surface area contributed by atoms with E-state index in [1.165, 1.54) is 12.1 Å². The lowest BCUT2D eigenvalue weighted by Gasteiger charge is -2.16. The maximum Gasteiger partial charge on any atom is 0.261 e. The van der Waals surface area contributed by atoms with Gasteiger partial charge in [0.2, 0.25) is 0 Å². The largest absolute Gasteiger partial charge is 0.506 e. The average Bonchev–Trinajstić information content (AvgIpc) is 2.93. The highest BCUT2D eigenvalue weighted by molar-refractivity contribution is 6.21. The van der Waals surface area contributed by atoms with Gasteiger partial charge in [0.15, 0.2) is 11.6 Å². The van der Waals surface area contributed by atoms with E-state index in [0.29, 0.717) is 16.7 Å². The quantitative estimate of drug-likeness (QED) is 0.626. The standard InChI is InChI=1S/C21H19NO5/c1-3-17(23)15-9-12(10-16(19(15)25)18(24)4-2)11-22-20(26)13-7-5-6-8-14(13)21(22)27/h5-10,25H,3-4,11H2,1-2H3. The van der Waals surface area contributed by atoms with Gasteiger partial charge in [0.1, 0.15) is 5.75 Å². The zero-order valence-corrected chi connectivity index (χ0v) is 15.1. The lowest BCUT2D eigenvalue weighted by molar-refractivity contribution is 0.0642. The van der Waals surface area contributed by atoms with Crippen molar-refractivity contribution in [2.45, 2.75) is 33.2 Å². The highest BCUT2D eigenvalue weighted by Gasteiger charge is 2.35. The number of Topliss-reactive ketones (excluding diaryl/α,β-unsaturated/α-hetero) is 2. The van der Waals surface area contributed by atoms with Crippen LogP contribution in [-0.4, -0.2) is 33.4 Å². The highest BCUT2D eigenvalue weighted by atomic mass is 16.3. The molecule has 138 valence electrons. The summed E-state index contributed by atoms with van der Waals surface area (Å²) in [7, 11) is 0. The number of aromatic hydroxyl groups is 1. The van der Waals surface area contributed by atoms with Gasteiger partial charge >= 0.3 is 0 Å². The molecule has 2 aromatic rings. The fourth-order valence-electron chi connectivity index (χ4n) is 3.16. The summed E-state index contributed by atoms with van der Waals surface area (Å²) in [6.07, 6.45) is 0.313. The number of hydrogen-bond donors (Lipinski definition) is 1. The van der Waals surface area contributed by atoms with Crippen molar-refractivity contribution in [1.82, 2.24) is 4.90 Å². The van der Waals surface area contributed by atoms with Crippen LogP contribution in [0.5, 0.6) is 5.75 Å². The molecular formula is C21H19NO5. The molecule has 1 heterocycles. The molecule has 0 aromatic heterocycles. The van der Waals surface area contributed by atoms with Crippen LogP contribution in [0.1, 0.15) is 73.7 Å². The molecule has 1 aliphatic rings. The number of imide groups is 1. The Morgan fingerprint density at radius 3 is 1.74 bits per heavy atom. The Bertz CT molecular complexity index is 904. The minimum absolute atomic E-state index is 0.0309. The van der Waals surface area contributed by atoms with Crippen LogP contribution in [0.15, 0.2) is 36.4 Å². The highest BCUT2D eigenvalue weighted by Crippen LogP contribution is 2.30. The summed E-state index contributed by atoms with van der Waals surface area (Å²) in [5.74, 6) is -1.82. The normalized spacial score (nSPS) is 13.0. The Morgan fingerprint density at radius 2 is 1.33 bits per heavy atom. The molecule has 6 heteroatoms. The van der Waals surface area contributed by atoms with E-state index in [0.717, 1.165) is 4.90 Å². The van der Waals surface area contributed by atoms with Crippen molar-refractivity contribution in [2.75, 3.05) is 0 Å². The molecular weight excluding hydrogens is 346 g/mol. The molecule has 0 fully saturated rings. The van der Waals surface area contributed by atoms with Gasteiger partial charge in [0, 0.05) is 12.8 Å². The first-order valence-corrected chi connectivity index (χ1v) is 8.76. The fourth-order valence-corrected chi connectivity index (χ4v) is 3.16. The van der Waals surface area contributed by atoms with Gasteiger partial charge in [-0.1, -0.05) is 26.0 Å². The lowest BCUT2D eigenvalue weighted by Crippen LogP contribution is -2.29. The summed E-state index contributed by atoms with van der Waals surface area (Å²) >= 11 is 0. The molecule has 0 atom stereocenters. The molecule has 0 bridgehead atoms. The third kappa shape index (κ3) is 3.14. The molecule has 2 amide bonds. The van der Waals surface area contributed by atoms with Crippen molar-refractivity contribution in [3.63, 3.8) is 0 Å². The van der Waals surface area contributed by atoms with Crippen molar-refractivity contribution < 1.29 is 24.3 Å². The predicted molar refractivity (Wildman–Crippen MR) is 98.0 cm³/mol. The van der Waals surface area contributed by atoms with Gasteiger partial charge in [-0.05, 0) is 29.8 Å². The van der Waals surface area contributed by atoms with Gasteiger partial charge in [-0.3, -0.25) is 24.1 Å². The summed E-state index contributed by atoms with van der Waals surface area (Å²) in [5.41, 5.74) is 1.16. The van der Waals surface area contributed by atoms with E-state index in [9.17, 15) is 24.3 Å². The minimum atomic E-state index is -0.421. The van der Waals surface area contributed by atoms with E-state index in [2.05, 4.69) is 0 Å². The summed E-state index contributed by atoms with van der Waals surface area (Å²) in [6.45, 7) is 3.22. The number of rotatable bonds is 6. The van der Waals surface area contributed by atoms with E-state index >= 15 is 0 Å². The monoisotopic (exact) mass is 365 g/mol. The predicted octanol–water partition coefficient (Wildman–Crippen LogP) is 3.37. The van der Waals surface area contributed by atoms with Crippen LogP contribution >= 0.6 is 0 Å². The molecule has 1 N–H and O–H groups in total. The summed E-state index contributed by atoms with van der Waals surface area (Å²) in [4.78, 5) is 50.5. The minimum Gasteiger partial charge on any atom is -0.506 e. The number of ketones is 2. The number of phenolic OH excluding ortho intramolecular Hbond substituents is 1. The van der Waals surface area contributed by atoms with Gasteiger partial charge in [0.05, 0.1) is 28.8 Å². The molecule has 0 saturated carbocycles. The smallest absolute Gasteiger partial charge is 0.261 e. The summed E-state index contributed by atoms with van der Waals surface area (Å²) in [6, 6.07) is 9.43. The number of carbonyl (C=O) groups is 4. The van der Waals surface area contributed by atoms with Crippen LogP contribution in [0.25, 0.3) is 0 Å². The van der Waals surface area contributed by atoms with E-state index in [4.69, 9.17) is 0 Å². The van der Waals surface area contributed by atoms with Crippen LogP contribution in [0.3, 0.4) is 0 Å². The number of benzene rings is 2. The van der Waals surface area contributed by atoms with Crippen LogP contribution in [0.2, 0.25) is 0 Å². The first-order valence-electron chi connectivity index (χ1n) is 8.76. The second-order valence-electron chi connectivity index (χ2n) is 6.34. The van der Waals surface area contributed by atoms with Crippen LogP contribution in [0.4, 0.5) is 0 Å². The topological polar surface area (TPSA) is 91.8 Å². The van der Waals surface area contributed by atoms with Gasteiger partial charge in [0.25, 0.3) is 11.8 Å². The fraction of sp³-hybridized carbons (Fsp3) is 0.238. The number of nitrogens with zero attached hydrogens (tertiary/aromatic N) is 1. The molecule has 0 aliphatic carbocycles. The molecule has 0 unspecified atom stereocenters. The van der Waals surface area contributed by atoms with Gasteiger partial charge < -0.3 is 5.11 Å². The van der Waals surface area contributed by atoms with Crippen LogP contribution in [0, 0.1) is 0 Å². The number of amides is 2. The number of carbonyl (C=O) groups excluding carboxylic acids is 4. The molecule has 3 rings (SSSR count). The maximum atomic E-state index is 12.6. The number of phenols is 1. The molecule has 2 aromatic carbocycles.